The van der Waals surface area contributed by atoms with Gasteiger partial charge >= 0.3 is 0 Å². The molecule has 1 aliphatic rings. The predicted octanol–water partition coefficient (Wildman–Crippen LogP) is 10.2. The summed E-state index contributed by atoms with van der Waals surface area (Å²) in [5.41, 5.74) is 10.7. The monoisotopic (exact) mass is 614 g/mol. The number of amidine groups is 2. The number of benzene rings is 7. The van der Waals surface area contributed by atoms with Gasteiger partial charge < -0.3 is 5.32 Å². The molecule has 7 aromatic carbocycles. The summed E-state index contributed by atoms with van der Waals surface area (Å²) >= 11 is 0. The lowest BCUT2D eigenvalue weighted by atomic mass is 9.96. The zero-order chi connectivity index (χ0) is 32.3. The van der Waals surface area contributed by atoms with Crippen LogP contribution in [0.1, 0.15) is 28.4 Å². The van der Waals surface area contributed by atoms with Gasteiger partial charge in [0.05, 0.1) is 11.6 Å². The maximum Gasteiger partial charge on any atom is 0.159 e. The fourth-order valence-corrected chi connectivity index (χ4v) is 6.14. The van der Waals surface area contributed by atoms with Crippen LogP contribution in [-0.4, -0.2) is 11.7 Å². The van der Waals surface area contributed by atoms with Gasteiger partial charge in [0.25, 0.3) is 0 Å². The molecule has 0 aromatic heterocycles. The molecule has 1 N–H and O–H groups in total. The number of nitrogens with zero attached hydrogens (tertiary/aromatic N) is 3. The number of hydrogen-bond acceptors (Lipinski definition) is 4. The van der Waals surface area contributed by atoms with E-state index in [1.54, 1.807) is 0 Å². The smallest absolute Gasteiger partial charge is 0.159 e. The van der Waals surface area contributed by atoms with E-state index in [1.807, 2.05) is 60.7 Å². The molecule has 0 amide bonds. The van der Waals surface area contributed by atoms with Crippen molar-refractivity contribution < 1.29 is 0 Å². The minimum Gasteiger partial charge on any atom is -0.344 e. The fraction of sp³-hybridized carbons (Fsp3) is 0.0227. The number of fused-ring (bicyclic) bond motifs is 1. The van der Waals surface area contributed by atoms with Crippen LogP contribution in [0, 0.1) is 11.3 Å². The first-order chi connectivity index (χ1) is 23.7. The van der Waals surface area contributed by atoms with Crippen LogP contribution in [0.5, 0.6) is 0 Å². The zero-order valence-corrected chi connectivity index (χ0v) is 26.1. The van der Waals surface area contributed by atoms with Crippen LogP contribution < -0.4 is 5.32 Å². The Bertz CT molecular complexity index is 2330. The van der Waals surface area contributed by atoms with Gasteiger partial charge in [0.1, 0.15) is 12.0 Å². The minimum atomic E-state index is -0.223. The molecule has 4 nitrogen and oxygen atoms in total. The van der Waals surface area contributed by atoms with Crippen LogP contribution in [0.2, 0.25) is 0 Å². The van der Waals surface area contributed by atoms with Gasteiger partial charge in [0.2, 0.25) is 0 Å². The van der Waals surface area contributed by atoms with E-state index in [9.17, 15) is 0 Å². The molecule has 0 spiro atoms. The Hall–Kier alpha value is -6.57. The first-order valence-corrected chi connectivity index (χ1v) is 16.0. The quantitative estimate of drug-likeness (QED) is 0.203. The van der Waals surface area contributed by atoms with Crippen molar-refractivity contribution in [1.82, 2.24) is 5.32 Å². The summed E-state index contributed by atoms with van der Waals surface area (Å²) in [5, 5.41) is 15.0. The molecule has 1 unspecified atom stereocenters. The third-order valence-electron chi connectivity index (χ3n) is 8.79. The Labute approximate surface area is 280 Å². The van der Waals surface area contributed by atoms with E-state index in [4.69, 9.17) is 15.2 Å². The minimum absolute atomic E-state index is 0.223. The maximum absolute atomic E-state index is 9.08. The summed E-state index contributed by atoms with van der Waals surface area (Å²) in [6, 6.07) is 60.8. The van der Waals surface area contributed by atoms with E-state index in [0.29, 0.717) is 11.4 Å². The molecule has 1 aliphatic heterocycles. The molecule has 226 valence electrons. The van der Waals surface area contributed by atoms with Crippen LogP contribution in [-0.2, 0) is 0 Å². The van der Waals surface area contributed by atoms with Crippen LogP contribution in [0.25, 0.3) is 44.2 Å². The van der Waals surface area contributed by atoms with Gasteiger partial charge in [-0.3, -0.25) is 0 Å². The predicted molar refractivity (Wildman–Crippen MR) is 197 cm³/mol. The molecule has 0 radical (unpaired) electrons. The molecule has 0 saturated heterocycles. The van der Waals surface area contributed by atoms with Crippen molar-refractivity contribution in [1.29, 1.82) is 5.26 Å². The number of nitrogens with one attached hydrogen (secondary N) is 1. The van der Waals surface area contributed by atoms with E-state index < -0.39 is 0 Å². The number of rotatable bonds is 6. The molecule has 0 bridgehead atoms. The average molecular weight is 615 g/mol. The summed E-state index contributed by atoms with van der Waals surface area (Å²) in [4.78, 5) is 9.95. The highest BCUT2D eigenvalue weighted by molar-refractivity contribution is 6.13. The van der Waals surface area contributed by atoms with Gasteiger partial charge in [-0.15, -0.1) is 0 Å². The lowest BCUT2D eigenvalue weighted by molar-refractivity contribution is 0.674. The van der Waals surface area contributed by atoms with Crippen molar-refractivity contribution >= 4 is 22.4 Å². The van der Waals surface area contributed by atoms with Gasteiger partial charge in [0.15, 0.2) is 5.84 Å². The summed E-state index contributed by atoms with van der Waals surface area (Å²) in [6.45, 7) is 0. The molecular weight excluding hydrogens is 585 g/mol. The second-order valence-electron chi connectivity index (χ2n) is 11.9. The second-order valence-corrected chi connectivity index (χ2v) is 11.9. The second kappa shape index (κ2) is 12.7. The van der Waals surface area contributed by atoms with Crippen molar-refractivity contribution in [3.8, 4) is 39.4 Å². The molecule has 4 heteroatoms. The largest absolute Gasteiger partial charge is 0.344 e. The Morgan fingerprint density at radius 3 is 1.46 bits per heavy atom. The Kier molecular flexibility index (Phi) is 7.62. The van der Waals surface area contributed by atoms with Crippen LogP contribution >= 0.6 is 0 Å². The van der Waals surface area contributed by atoms with Crippen LogP contribution in [0.3, 0.4) is 0 Å². The van der Waals surface area contributed by atoms with E-state index in [-0.39, 0.29) is 6.17 Å². The van der Waals surface area contributed by atoms with Crippen molar-refractivity contribution in [3.05, 3.63) is 192 Å². The zero-order valence-electron chi connectivity index (χ0n) is 26.1. The van der Waals surface area contributed by atoms with Gasteiger partial charge in [-0.25, -0.2) is 9.98 Å². The summed E-state index contributed by atoms with van der Waals surface area (Å²) in [5.74, 6) is 1.53. The lowest BCUT2D eigenvalue weighted by Crippen LogP contribution is -2.33. The summed E-state index contributed by atoms with van der Waals surface area (Å²) in [6.07, 6.45) is -0.223. The topological polar surface area (TPSA) is 60.5 Å². The highest BCUT2D eigenvalue weighted by Gasteiger charge is 2.20. The molecule has 0 saturated carbocycles. The van der Waals surface area contributed by atoms with E-state index in [1.165, 1.54) is 21.9 Å². The lowest BCUT2D eigenvalue weighted by Gasteiger charge is -2.23. The molecule has 8 rings (SSSR count). The Morgan fingerprint density at radius 1 is 0.458 bits per heavy atom. The van der Waals surface area contributed by atoms with Crippen LogP contribution in [0.4, 0.5) is 0 Å². The molecular formula is C44H30N4. The van der Waals surface area contributed by atoms with Crippen molar-refractivity contribution in [2.75, 3.05) is 0 Å². The number of aliphatic imine (C=N–C) groups is 2. The molecule has 48 heavy (non-hydrogen) atoms. The third kappa shape index (κ3) is 5.89. The molecule has 0 fully saturated rings. The van der Waals surface area contributed by atoms with E-state index >= 15 is 0 Å². The number of hydrogen-bond donors (Lipinski definition) is 1. The highest BCUT2D eigenvalue weighted by Crippen LogP contribution is 2.31. The summed E-state index contributed by atoms with van der Waals surface area (Å²) in [7, 11) is 0. The maximum atomic E-state index is 9.08. The average Bonchev–Trinajstić information content (AvgIpc) is 3.18. The van der Waals surface area contributed by atoms with E-state index in [2.05, 4.69) is 121 Å². The number of nitriles is 1. The van der Waals surface area contributed by atoms with E-state index in [0.717, 1.165) is 44.8 Å². The molecule has 1 atom stereocenters. The van der Waals surface area contributed by atoms with Crippen molar-refractivity contribution in [2.24, 2.45) is 9.98 Å². The first kappa shape index (κ1) is 28.9. The van der Waals surface area contributed by atoms with Crippen molar-refractivity contribution in [3.63, 3.8) is 0 Å². The summed E-state index contributed by atoms with van der Waals surface area (Å²) < 4.78 is 0. The highest BCUT2D eigenvalue weighted by atomic mass is 15.2. The van der Waals surface area contributed by atoms with Gasteiger partial charge in [-0.1, -0.05) is 146 Å². The van der Waals surface area contributed by atoms with Gasteiger partial charge in [-0.2, -0.15) is 5.26 Å². The third-order valence-corrected chi connectivity index (χ3v) is 8.79. The Balaban J connectivity index is 1.04. The molecule has 0 aliphatic carbocycles. The normalized spacial score (nSPS) is 14.0. The molecule has 7 aromatic rings. The van der Waals surface area contributed by atoms with Gasteiger partial charge in [0, 0.05) is 11.1 Å². The van der Waals surface area contributed by atoms with Crippen LogP contribution in [0.15, 0.2) is 180 Å². The fourth-order valence-electron chi connectivity index (χ4n) is 6.14. The standard InChI is InChI=1S/C44H30N4/c45-29-30-11-13-31(14-12-30)32-15-17-33(18-16-32)38-23-25-41-28-39(24-26-40(41)27-38)34-19-21-37(22-20-34)44-47-42(35-7-3-1-4-8-35)46-43(48-44)36-9-5-2-6-10-36/h1-28,42H,(H,46,47,48). The molecule has 1 heterocycles. The SMILES string of the molecule is N#Cc1ccc(-c2ccc(-c3ccc4cc(-c5ccc(C6=NC(c7ccccc7)NC(c7ccccc7)=N6)cc5)ccc4c3)cc2)cc1. The van der Waals surface area contributed by atoms with Crippen molar-refractivity contribution in [2.45, 2.75) is 6.17 Å². The Morgan fingerprint density at radius 2 is 0.917 bits per heavy atom. The van der Waals surface area contributed by atoms with Gasteiger partial charge in [-0.05, 0) is 74.0 Å². The first-order valence-electron chi connectivity index (χ1n) is 16.0.